The number of carbonyl (C=O) groups excluding carboxylic acids is 3. The lowest BCUT2D eigenvalue weighted by Crippen LogP contribution is -2.28. The van der Waals surface area contributed by atoms with Gasteiger partial charge in [-0.25, -0.2) is 4.79 Å². The van der Waals surface area contributed by atoms with Crippen molar-refractivity contribution in [3.8, 4) is 11.5 Å². The monoisotopic (exact) mass is 538 g/mol. The summed E-state index contributed by atoms with van der Waals surface area (Å²) in [6.07, 6.45) is 6.04. The van der Waals surface area contributed by atoms with Gasteiger partial charge >= 0.3 is 5.97 Å². The number of benzene rings is 1. The van der Waals surface area contributed by atoms with Gasteiger partial charge in [0, 0.05) is 10.0 Å². The van der Waals surface area contributed by atoms with E-state index in [0.29, 0.717) is 22.4 Å². The summed E-state index contributed by atoms with van der Waals surface area (Å²) in [5.41, 5.74) is 0.485. The Balaban J connectivity index is 1.56. The van der Waals surface area contributed by atoms with Gasteiger partial charge in [-0.1, -0.05) is 23.8 Å². The topological polar surface area (TPSA) is 94.5 Å². The van der Waals surface area contributed by atoms with E-state index < -0.39 is 5.97 Å². The Bertz CT molecular complexity index is 1030. The molecule has 4 rings (SSSR count). The summed E-state index contributed by atoms with van der Waals surface area (Å²) in [6, 6.07) is 1.61. The molecule has 1 aromatic carbocycles. The number of hydrazone groups is 1. The van der Waals surface area contributed by atoms with Crippen LogP contribution in [-0.4, -0.2) is 48.3 Å². The zero-order chi connectivity index (χ0) is 23.9. The third-order valence-corrected chi connectivity index (χ3v) is 7.36. The maximum atomic E-state index is 12.8. The fourth-order valence-electron chi connectivity index (χ4n) is 4.64. The molecule has 1 aromatic rings. The Morgan fingerprint density at radius 3 is 2.45 bits per heavy atom. The smallest absolute Gasteiger partial charge is 0.344 e. The second kappa shape index (κ2) is 9.46. The maximum absolute atomic E-state index is 12.8. The first-order valence-electron chi connectivity index (χ1n) is 10.8. The zero-order valence-electron chi connectivity index (χ0n) is 18.4. The van der Waals surface area contributed by atoms with Crippen molar-refractivity contribution >= 4 is 51.5 Å². The standard InChI is InChI=1S/C23H24BrClN2O6/c1-4-31-15-8-14(19(24)20(25)21(15)32-10-16(28)33-11(2)3)9-26-27-22(29)17-12-5-6-13(7-12)18(17)23(27)30/h5-6,8-9,11-13,17-18H,4,7,10H2,1-3H3/t12-,13-,17-,18+/m0/s1. The summed E-state index contributed by atoms with van der Waals surface area (Å²) in [5.74, 6) is -1.03. The summed E-state index contributed by atoms with van der Waals surface area (Å²) < 4.78 is 16.7. The van der Waals surface area contributed by atoms with E-state index >= 15 is 0 Å². The van der Waals surface area contributed by atoms with E-state index in [4.69, 9.17) is 25.8 Å². The van der Waals surface area contributed by atoms with Crippen molar-refractivity contribution in [2.75, 3.05) is 13.2 Å². The molecule has 1 saturated heterocycles. The number of allylic oxidation sites excluding steroid dienone is 2. The van der Waals surface area contributed by atoms with E-state index in [1.165, 1.54) is 6.21 Å². The van der Waals surface area contributed by atoms with Gasteiger partial charge in [0.2, 0.25) is 0 Å². The number of esters is 1. The highest BCUT2D eigenvalue weighted by Crippen LogP contribution is 2.52. The molecule has 1 aliphatic heterocycles. The van der Waals surface area contributed by atoms with E-state index in [2.05, 4.69) is 21.0 Å². The average molecular weight is 540 g/mol. The molecule has 1 heterocycles. The molecule has 0 N–H and O–H groups in total. The van der Waals surface area contributed by atoms with Crippen molar-refractivity contribution in [1.82, 2.24) is 5.01 Å². The lowest BCUT2D eigenvalue weighted by molar-refractivity contribution is -0.149. The van der Waals surface area contributed by atoms with Crippen LogP contribution in [0.25, 0.3) is 0 Å². The highest BCUT2D eigenvalue weighted by molar-refractivity contribution is 9.10. The van der Waals surface area contributed by atoms with Crippen LogP contribution in [0.4, 0.5) is 0 Å². The number of hydrogen-bond donors (Lipinski definition) is 0. The van der Waals surface area contributed by atoms with Gasteiger partial charge in [0.15, 0.2) is 18.1 Å². The van der Waals surface area contributed by atoms with Crippen molar-refractivity contribution < 1.29 is 28.6 Å². The van der Waals surface area contributed by atoms with Gasteiger partial charge < -0.3 is 14.2 Å². The highest BCUT2D eigenvalue weighted by atomic mass is 79.9. The number of rotatable bonds is 8. The van der Waals surface area contributed by atoms with E-state index in [1.54, 1.807) is 26.8 Å². The lowest BCUT2D eigenvalue weighted by Gasteiger charge is -2.16. The average Bonchev–Trinajstić information content (AvgIpc) is 3.43. The number of fused-ring (bicyclic) bond motifs is 5. The molecule has 0 spiro atoms. The summed E-state index contributed by atoms with van der Waals surface area (Å²) in [5, 5.41) is 5.33. The number of ether oxygens (including phenoxy) is 3. The molecule has 3 aliphatic rings. The van der Waals surface area contributed by atoms with Crippen molar-refractivity contribution in [3.63, 3.8) is 0 Å². The van der Waals surface area contributed by atoms with E-state index in [-0.39, 0.29) is 59.0 Å². The summed E-state index contributed by atoms with van der Waals surface area (Å²) in [4.78, 5) is 37.5. The molecule has 4 atom stereocenters. The van der Waals surface area contributed by atoms with Gasteiger partial charge in [-0.05, 0) is 61.0 Å². The van der Waals surface area contributed by atoms with E-state index in [0.717, 1.165) is 11.4 Å². The van der Waals surface area contributed by atoms with Crippen LogP contribution in [0.3, 0.4) is 0 Å². The number of nitrogens with zero attached hydrogens (tertiary/aromatic N) is 2. The van der Waals surface area contributed by atoms with Crippen molar-refractivity contribution in [2.45, 2.75) is 33.3 Å². The zero-order valence-corrected chi connectivity index (χ0v) is 20.8. The molecular formula is C23H24BrClN2O6. The van der Waals surface area contributed by atoms with Gasteiger partial charge in [0.1, 0.15) is 5.02 Å². The summed E-state index contributed by atoms with van der Waals surface area (Å²) >= 11 is 9.89. The molecule has 8 nitrogen and oxygen atoms in total. The molecule has 10 heteroatoms. The first kappa shape index (κ1) is 23.8. The lowest BCUT2D eigenvalue weighted by atomic mass is 9.85. The Labute approximate surface area is 205 Å². The first-order valence-corrected chi connectivity index (χ1v) is 12.0. The molecule has 0 radical (unpaired) electrons. The quantitative estimate of drug-likeness (QED) is 0.215. The third-order valence-electron chi connectivity index (χ3n) is 5.92. The molecule has 0 unspecified atom stereocenters. The SMILES string of the molecule is CCOc1cc(C=NN2C(=O)[C@@H]3[C@H](C2=O)[C@H]2C=C[C@H]3C2)c(Br)c(Cl)c1OCC(=O)OC(C)C. The Hall–Kier alpha value is -2.39. The number of amides is 2. The Morgan fingerprint density at radius 2 is 1.88 bits per heavy atom. The Morgan fingerprint density at radius 1 is 1.24 bits per heavy atom. The molecule has 0 aromatic heterocycles. The molecule has 2 amide bonds. The predicted molar refractivity (Wildman–Crippen MR) is 124 cm³/mol. The minimum atomic E-state index is -0.537. The molecule has 2 fully saturated rings. The minimum Gasteiger partial charge on any atom is -0.490 e. The number of halogens is 2. The van der Waals surface area contributed by atoms with Crippen LogP contribution in [0, 0.1) is 23.7 Å². The van der Waals surface area contributed by atoms with Crippen LogP contribution in [-0.2, 0) is 19.1 Å². The van der Waals surface area contributed by atoms with Gasteiger partial charge in [0.05, 0.1) is 30.8 Å². The number of hydrogen-bond acceptors (Lipinski definition) is 7. The predicted octanol–water partition coefficient (Wildman–Crippen LogP) is 3.97. The fraction of sp³-hybridized carbons (Fsp3) is 0.478. The highest BCUT2D eigenvalue weighted by Gasteiger charge is 2.59. The Kier molecular flexibility index (Phi) is 6.81. The van der Waals surface area contributed by atoms with Crippen LogP contribution in [0.1, 0.15) is 32.8 Å². The van der Waals surface area contributed by atoms with Gasteiger partial charge in [-0.3, -0.25) is 9.59 Å². The number of imide groups is 1. The minimum absolute atomic E-state index is 0.112. The van der Waals surface area contributed by atoms with Crippen LogP contribution in [0.2, 0.25) is 5.02 Å². The molecule has 1 saturated carbocycles. The van der Waals surface area contributed by atoms with Crippen molar-refractivity contribution in [3.05, 3.63) is 33.3 Å². The molecule has 2 aliphatic carbocycles. The number of carbonyl (C=O) groups is 3. The van der Waals surface area contributed by atoms with Crippen LogP contribution < -0.4 is 9.47 Å². The molecule has 33 heavy (non-hydrogen) atoms. The van der Waals surface area contributed by atoms with E-state index in [9.17, 15) is 14.4 Å². The maximum Gasteiger partial charge on any atom is 0.344 e. The van der Waals surface area contributed by atoms with Crippen LogP contribution >= 0.6 is 27.5 Å². The molecule has 176 valence electrons. The van der Waals surface area contributed by atoms with Crippen LogP contribution in [0.15, 0.2) is 27.8 Å². The van der Waals surface area contributed by atoms with Gasteiger partial charge in [-0.15, -0.1) is 0 Å². The largest absolute Gasteiger partial charge is 0.490 e. The summed E-state index contributed by atoms with van der Waals surface area (Å²) in [7, 11) is 0. The van der Waals surface area contributed by atoms with Crippen molar-refractivity contribution in [1.29, 1.82) is 0 Å². The molecule has 2 bridgehead atoms. The third kappa shape index (κ3) is 4.40. The van der Waals surface area contributed by atoms with Gasteiger partial charge in [0.25, 0.3) is 11.8 Å². The molecular weight excluding hydrogens is 516 g/mol. The fourth-order valence-corrected chi connectivity index (χ4v) is 5.30. The van der Waals surface area contributed by atoms with E-state index in [1.807, 2.05) is 12.2 Å². The van der Waals surface area contributed by atoms with Gasteiger partial charge in [-0.2, -0.15) is 10.1 Å². The first-order chi connectivity index (χ1) is 15.7. The van der Waals surface area contributed by atoms with Crippen molar-refractivity contribution in [2.24, 2.45) is 28.8 Å². The normalized spacial score (nSPS) is 25.5. The second-order valence-corrected chi connectivity index (χ2v) is 9.59. The summed E-state index contributed by atoms with van der Waals surface area (Å²) in [6.45, 7) is 5.26. The van der Waals surface area contributed by atoms with Crippen LogP contribution in [0.5, 0.6) is 11.5 Å². The second-order valence-electron chi connectivity index (χ2n) is 8.41.